The molecule has 1 unspecified atom stereocenters. The molecule has 0 aromatic heterocycles. The molecule has 0 aliphatic rings. The largest absolute Gasteiger partial charge is 0.462 e. The number of hydrogen-bond donors (Lipinski definition) is 0. The average Bonchev–Trinajstić information content (AvgIpc) is 3.49. The van der Waals surface area contributed by atoms with E-state index >= 15 is 0 Å². The molecule has 1 atom stereocenters. The molecule has 0 bridgehead atoms. The van der Waals surface area contributed by atoms with Gasteiger partial charge in [0, 0.05) is 19.3 Å². The summed E-state index contributed by atoms with van der Waals surface area (Å²) in [4.78, 5) is 38.4. The van der Waals surface area contributed by atoms with E-state index in [1.54, 1.807) is 0 Å². The lowest BCUT2D eigenvalue weighted by atomic mass is 10.0. The fraction of sp³-hybridized carbons (Fsp3) is 0.701. The van der Waals surface area contributed by atoms with Crippen molar-refractivity contribution in [3.63, 3.8) is 0 Å². The van der Waals surface area contributed by atoms with E-state index in [9.17, 15) is 14.4 Å². The molecule has 0 rings (SSSR count). The summed E-state index contributed by atoms with van der Waals surface area (Å²) in [6.45, 7) is 6.44. The van der Waals surface area contributed by atoms with Crippen LogP contribution in [0.25, 0.3) is 0 Å². The summed E-state index contributed by atoms with van der Waals surface area (Å²) >= 11 is 0. The van der Waals surface area contributed by atoms with Gasteiger partial charge in [0.2, 0.25) is 0 Å². The van der Waals surface area contributed by atoms with Gasteiger partial charge in [-0.25, -0.2) is 0 Å². The third-order valence-electron chi connectivity index (χ3n) is 14.9. The van der Waals surface area contributed by atoms with Gasteiger partial charge in [-0.2, -0.15) is 0 Å². The van der Waals surface area contributed by atoms with Gasteiger partial charge >= 0.3 is 17.9 Å². The Morgan fingerprint density at radius 1 is 0.253 bits per heavy atom. The number of carbonyl (C=O) groups is 3. The molecule has 6 heteroatoms. The number of rotatable bonds is 63. The Morgan fingerprint density at radius 3 is 0.783 bits per heavy atom. The molecular weight excluding hydrogens is 1020 g/mol. The van der Waals surface area contributed by atoms with Crippen molar-refractivity contribution in [1.82, 2.24) is 0 Å². The van der Waals surface area contributed by atoms with E-state index in [4.69, 9.17) is 14.2 Å². The van der Waals surface area contributed by atoms with Crippen LogP contribution in [-0.4, -0.2) is 37.2 Å². The van der Waals surface area contributed by atoms with Crippen LogP contribution in [-0.2, 0) is 28.6 Å². The van der Waals surface area contributed by atoms with Crippen LogP contribution in [0.1, 0.15) is 329 Å². The van der Waals surface area contributed by atoms with Crippen LogP contribution in [0, 0.1) is 0 Å². The summed E-state index contributed by atoms with van der Waals surface area (Å²) in [6, 6.07) is 0. The van der Waals surface area contributed by atoms with Crippen molar-refractivity contribution >= 4 is 17.9 Å². The lowest BCUT2D eigenvalue weighted by Gasteiger charge is -2.18. The van der Waals surface area contributed by atoms with Crippen LogP contribution in [0.2, 0.25) is 0 Å². The van der Waals surface area contributed by atoms with Gasteiger partial charge in [0.15, 0.2) is 6.10 Å². The minimum Gasteiger partial charge on any atom is -0.462 e. The minimum absolute atomic E-state index is 0.0872. The van der Waals surface area contributed by atoms with Crippen molar-refractivity contribution in [2.24, 2.45) is 0 Å². The first-order valence-electron chi connectivity index (χ1n) is 35.0. The van der Waals surface area contributed by atoms with Gasteiger partial charge in [-0.05, 0) is 128 Å². The van der Waals surface area contributed by atoms with E-state index < -0.39 is 6.10 Å². The highest BCUT2D eigenvalue weighted by Gasteiger charge is 2.19. The smallest absolute Gasteiger partial charge is 0.306 e. The van der Waals surface area contributed by atoms with E-state index in [0.29, 0.717) is 19.3 Å². The molecule has 6 nitrogen and oxygen atoms in total. The maximum Gasteiger partial charge on any atom is 0.306 e. The second-order valence-electron chi connectivity index (χ2n) is 23.1. The Kier molecular flexibility index (Phi) is 66.7. The fourth-order valence-electron chi connectivity index (χ4n) is 9.69. The molecule has 474 valence electrons. The van der Waals surface area contributed by atoms with Crippen molar-refractivity contribution in [1.29, 1.82) is 0 Å². The molecule has 83 heavy (non-hydrogen) atoms. The fourth-order valence-corrected chi connectivity index (χ4v) is 9.69. The highest BCUT2D eigenvalue weighted by molar-refractivity contribution is 5.71. The zero-order chi connectivity index (χ0) is 59.9. The molecule has 0 spiro atoms. The van der Waals surface area contributed by atoms with Crippen LogP contribution < -0.4 is 0 Å². The predicted molar refractivity (Wildman–Crippen MR) is 362 cm³/mol. The zero-order valence-electron chi connectivity index (χ0n) is 54.4. The van der Waals surface area contributed by atoms with Crippen molar-refractivity contribution < 1.29 is 28.6 Å². The van der Waals surface area contributed by atoms with E-state index in [1.807, 2.05) is 0 Å². The molecule has 0 amide bonds. The van der Waals surface area contributed by atoms with Crippen molar-refractivity contribution in [2.45, 2.75) is 335 Å². The van der Waals surface area contributed by atoms with E-state index in [-0.39, 0.29) is 31.1 Å². The third kappa shape index (κ3) is 68.5. The molecule has 0 aliphatic carbocycles. The molecule has 0 aromatic carbocycles. The molecule has 0 heterocycles. The third-order valence-corrected chi connectivity index (χ3v) is 14.9. The quantitative estimate of drug-likeness (QED) is 0.0261. The maximum absolute atomic E-state index is 12.9. The van der Waals surface area contributed by atoms with Crippen LogP contribution in [0.5, 0.6) is 0 Å². The lowest BCUT2D eigenvalue weighted by molar-refractivity contribution is -0.167. The number of allylic oxidation sites excluding steroid dienone is 20. The number of carbonyl (C=O) groups excluding carboxylic acids is 3. The summed E-state index contributed by atoms with van der Waals surface area (Å²) in [7, 11) is 0. The first-order chi connectivity index (χ1) is 41.0. The molecule has 0 aliphatic heterocycles. The topological polar surface area (TPSA) is 78.9 Å². The Hall–Kier alpha value is -4.19. The maximum atomic E-state index is 12.9. The standard InChI is InChI=1S/C77H130O6/c1-4-7-10-13-16-19-22-25-27-29-31-32-33-34-35-36-37-38-39-40-41-42-43-44-46-47-49-52-55-58-61-64-67-70-76(79)82-73-74(72-81-75(78)69-66-63-60-57-54-51-24-21-18-15-12-9-6-3)83-77(80)71-68-65-62-59-56-53-50-48-45-30-28-26-23-20-17-14-11-8-5-2/h7,10,12,15-17,19-21,24-28,31-32,34-35,45,48,74H,4-6,8-9,11,13-14,18,22-23,29-30,33,36-44,46-47,49-73H2,1-3H3/b10-7-,15-12-,19-16-,20-17-,24-21-,27-25-,28-26-,32-31-,35-34-,48-45-. The summed E-state index contributed by atoms with van der Waals surface area (Å²) in [5.74, 6) is -0.904. The number of ether oxygens (including phenoxy) is 3. The van der Waals surface area contributed by atoms with Crippen molar-refractivity contribution in [3.05, 3.63) is 122 Å². The summed E-state index contributed by atoms with van der Waals surface area (Å²) in [6.07, 6.45) is 98.0. The van der Waals surface area contributed by atoms with Gasteiger partial charge in [0.05, 0.1) is 0 Å². The Bertz CT molecular complexity index is 1700. The van der Waals surface area contributed by atoms with Gasteiger partial charge in [0.25, 0.3) is 0 Å². The molecule has 0 N–H and O–H groups in total. The SMILES string of the molecule is CC/C=C\C/C=C\C/C=C\C/C=C\C/C=C\CCCCCCCCCCCCCCCCCCCC(=O)OCC(COC(=O)CCCCCCC/C=C\C/C=C\CCC)OC(=O)CCCCCCCC/C=C\C/C=C\C/C=C\CCCCC. The minimum atomic E-state index is -0.793. The van der Waals surface area contributed by atoms with Crippen molar-refractivity contribution in [3.8, 4) is 0 Å². The predicted octanol–water partition coefficient (Wildman–Crippen LogP) is 24.3. The number of esters is 3. The molecule has 0 saturated carbocycles. The summed E-state index contributed by atoms with van der Waals surface area (Å²) in [5, 5.41) is 0. The first kappa shape index (κ1) is 78.8. The first-order valence-corrected chi connectivity index (χ1v) is 35.0. The van der Waals surface area contributed by atoms with Gasteiger partial charge in [-0.3, -0.25) is 14.4 Å². The Morgan fingerprint density at radius 2 is 0.494 bits per heavy atom. The number of hydrogen-bond acceptors (Lipinski definition) is 6. The highest BCUT2D eigenvalue weighted by atomic mass is 16.6. The van der Waals surface area contributed by atoms with E-state index in [2.05, 4.69) is 142 Å². The summed E-state index contributed by atoms with van der Waals surface area (Å²) in [5.41, 5.74) is 0. The molecule has 0 saturated heterocycles. The van der Waals surface area contributed by atoms with E-state index in [0.717, 1.165) is 148 Å². The second kappa shape index (κ2) is 70.3. The Balaban J connectivity index is 4.22. The van der Waals surface area contributed by atoms with Crippen LogP contribution >= 0.6 is 0 Å². The normalized spacial score (nSPS) is 12.9. The number of unbranched alkanes of at least 4 members (excludes halogenated alkanes) is 32. The average molecular weight is 1150 g/mol. The summed E-state index contributed by atoms with van der Waals surface area (Å²) < 4.78 is 16.9. The van der Waals surface area contributed by atoms with Gasteiger partial charge < -0.3 is 14.2 Å². The molecule has 0 aromatic rings. The van der Waals surface area contributed by atoms with Crippen molar-refractivity contribution in [2.75, 3.05) is 13.2 Å². The van der Waals surface area contributed by atoms with E-state index in [1.165, 1.54) is 141 Å². The Labute approximate surface area is 513 Å². The second-order valence-corrected chi connectivity index (χ2v) is 23.1. The van der Waals surface area contributed by atoms with Crippen LogP contribution in [0.3, 0.4) is 0 Å². The zero-order valence-corrected chi connectivity index (χ0v) is 54.4. The molecular formula is C77H130O6. The van der Waals surface area contributed by atoms with Gasteiger partial charge in [0.1, 0.15) is 13.2 Å². The molecule has 0 fully saturated rings. The van der Waals surface area contributed by atoms with Gasteiger partial charge in [-0.15, -0.1) is 0 Å². The van der Waals surface area contributed by atoms with Gasteiger partial charge in [-0.1, -0.05) is 303 Å². The monoisotopic (exact) mass is 1150 g/mol. The lowest BCUT2D eigenvalue weighted by Crippen LogP contribution is -2.30. The van der Waals surface area contributed by atoms with Crippen LogP contribution in [0.15, 0.2) is 122 Å². The van der Waals surface area contributed by atoms with Crippen LogP contribution in [0.4, 0.5) is 0 Å². The molecule has 0 radical (unpaired) electrons. The highest BCUT2D eigenvalue weighted by Crippen LogP contribution is 2.17.